The van der Waals surface area contributed by atoms with Crippen molar-refractivity contribution in [3.63, 3.8) is 0 Å². The predicted molar refractivity (Wildman–Crippen MR) is 45.2 cm³/mol. The van der Waals surface area contributed by atoms with Gasteiger partial charge in [0, 0.05) is 0 Å². The van der Waals surface area contributed by atoms with Crippen LogP contribution in [-0.2, 0) is 4.79 Å². The van der Waals surface area contributed by atoms with Crippen molar-refractivity contribution in [2.45, 2.75) is 0 Å². The highest BCUT2D eigenvalue weighted by atomic mass is 32.1. The van der Waals surface area contributed by atoms with E-state index in [0.717, 1.165) is 17.2 Å². The van der Waals surface area contributed by atoms with Crippen molar-refractivity contribution in [3.8, 4) is 0 Å². The third kappa shape index (κ3) is 1.01. The average molecular weight is 177 g/mol. The molecule has 0 spiro atoms. The normalized spacial score (nSPS) is 9.67. The minimum absolute atomic E-state index is 0.524. The molecule has 0 radical (unpaired) electrons. The van der Waals surface area contributed by atoms with Gasteiger partial charge in [-0.3, -0.25) is 0 Å². The van der Waals surface area contributed by atoms with E-state index >= 15 is 0 Å². The molecule has 1 aromatic heterocycles. The van der Waals surface area contributed by atoms with Crippen LogP contribution in [-0.4, -0.2) is 14.8 Å². The Bertz CT molecular complexity index is 458. The van der Waals surface area contributed by atoms with E-state index in [4.69, 9.17) is 0 Å². The molecule has 0 bridgehead atoms. The molecule has 0 amide bonds. The number of carbonyl (C=O) groups excluding carboxylic acids is 1. The van der Waals surface area contributed by atoms with Gasteiger partial charge in [-0.2, -0.15) is 13.7 Å². The van der Waals surface area contributed by atoms with Crippen LogP contribution in [0.5, 0.6) is 0 Å². The summed E-state index contributed by atoms with van der Waals surface area (Å²) in [6, 6.07) is 5.30. The number of hydrogen-bond acceptors (Lipinski definition) is 5. The molecule has 5 heteroatoms. The van der Waals surface area contributed by atoms with Gasteiger partial charge in [-0.25, -0.2) is 4.79 Å². The Balaban J connectivity index is 2.81. The first kappa shape index (κ1) is 7.09. The summed E-state index contributed by atoms with van der Waals surface area (Å²) in [6.45, 7) is 0. The number of fused-ring (bicyclic) bond motifs is 1. The van der Waals surface area contributed by atoms with Gasteiger partial charge in [0.2, 0.25) is 6.08 Å². The van der Waals surface area contributed by atoms with Crippen LogP contribution in [0.15, 0.2) is 23.2 Å². The first-order chi connectivity index (χ1) is 5.92. The monoisotopic (exact) mass is 177 g/mol. The summed E-state index contributed by atoms with van der Waals surface area (Å²) in [5, 5.41) is 0. The zero-order valence-corrected chi connectivity index (χ0v) is 6.71. The fourth-order valence-electron chi connectivity index (χ4n) is 0.931. The van der Waals surface area contributed by atoms with Crippen LogP contribution < -0.4 is 0 Å². The highest BCUT2D eigenvalue weighted by Crippen LogP contribution is 2.22. The standard InChI is InChI=1S/C7H3N3OS/c11-4-8-5-2-1-3-6-7(5)10-12-9-6/h1-3H. The van der Waals surface area contributed by atoms with Crippen molar-refractivity contribution < 1.29 is 4.79 Å². The van der Waals surface area contributed by atoms with E-state index in [1.165, 1.54) is 6.08 Å². The minimum atomic E-state index is 0.524. The molecule has 0 aliphatic rings. The number of rotatable bonds is 1. The highest BCUT2D eigenvalue weighted by molar-refractivity contribution is 7.00. The predicted octanol–water partition coefficient (Wildman–Crippen LogP) is 1.66. The van der Waals surface area contributed by atoms with E-state index in [1.807, 2.05) is 6.07 Å². The van der Waals surface area contributed by atoms with Gasteiger partial charge in [0.05, 0.1) is 11.7 Å². The summed E-state index contributed by atoms with van der Waals surface area (Å²) < 4.78 is 8.00. The van der Waals surface area contributed by atoms with E-state index in [0.29, 0.717) is 11.2 Å². The van der Waals surface area contributed by atoms with Gasteiger partial charge in [-0.05, 0) is 12.1 Å². The Morgan fingerprint density at radius 2 is 2.33 bits per heavy atom. The molecule has 0 N–H and O–H groups in total. The van der Waals surface area contributed by atoms with E-state index in [9.17, 15) is 4.79 Å². The van der Waals surface area contributed by atoms with Gasteiger partial charge in [0.1, 0.15) is 16.7 Å². The number of benzene rings is 1. The topological polar surface area (TPSA) is 55.2 Å². The van der Waals surface area contributed by atoms with Crippen LogP contribution in [0.1, 0.15) is 0 Å². The first-order valence-electron chi connectivity index (χ1n) is 3.21. The molecule has 0 aliphatic carbocycles. The molecule has 0 saturated heterocycles. The Morgan fingerprint density at radius 1 is 1.42 bits per heavy atom. The molecule has 0 atom stereocenters. The second kappa shape index (κ2) is 2.81. The number of aromatic nitrogens is 2. The zero-order chi connectivity index (χ0) is 8.39. The minimum Gasteiger partial charge on any atom is -0.211 e. The smallest absolute Gasteiger partial charge is 0.211 e. The SMILES string of the molecule is O=C=Nc1cccc2nsnc12. The second-order valence-corrected chi connectivity index (χ2v) is 2.64. The molecule has 0 aliphatic heterocycles. The molecular formula is C7H3N3OS. The third-order valence-electron chi connectivity index (χ3n) is 1.43. The quantitative estimate of drug-likeness (QED) is 0.491. The van der Waals surface area contributed by atoms with Crippen LogP contribution in [0, 0.1) is 0 Å². The first-order valence-corrected chi connectivity index (χ1v) is 3.94. The van der Waals surface area contributed by atoms with Crippen molar-refractivity contribution >= 4 is 34.5 Å². The largest absolute Gasteiger partial charge is 0.240 e. The Morgan fingerprint density at radius 3 is 3.17 bits per heavy atom. The average Bonchev–Trinajstić information content (AvgIpc) is 2.53. The van der Waals surface area contributed by atoms with Crippen molar-refractivity contribution in [1.82, 2.24) is 8.75 Å². The maximum Gasteiger partial charge on any atom is 0.240 e. The summed E-state index contributed by atoms with van der Waals surface area (Å²) in [5.41, 5.74) is 1.94. The molecule has 58 valence electrons. The molecule has 0 fully saturated rings. The van der Waals surface area contributed by atoms with E-state index in [-0.39, 0.29) is 0 Å². The fraction of sp³-hybridized carbons (Fsp3) is 0. The Kier molecular flexibility index (Phi) is 1.66. The molecule has 12 heavy (non-hydrogen) atoms. The third-order valence-corrected chi connectivity index (χ3v) is 1.97. The number of isocyanates is 1. The Labute approximate surface area is 71.9 Å². The molecule has 4 nitrogen and oxygen atoms in total. The van der Waals surface area contributed by atoms with Crippen molar-refractivity contribution in [1.29, 1.82) is 0 Å². The molecule has 1 aromatic carbocycles. The van der Waals surface area contributed by atoms with Crippen LogP contribution in [0.4, 0.5) is 5.69 Å². The molecule has 2 rings (SSSR count). The van der Waals surface area contributed by atoms with Gasteiger partial charge in [0.15, 0.2) is 0 Å². The lowest BCUT2D eigenvalue weighted by Crippen LogP contribution is -1.69. The summed E-state index contributed by atoms with van der Waals surface area (Å²) >= 11 is 1.10. The molecule has 0 saturated carbocycles. The highest BCUT2D eigenvalue weighted by Gasteiger charge is 2.02. The molecular weight excluding hydrogens is 174 g/mol. The van der Waals surface area contributed by atoms with Gasteiger partial charge >= 0.3 is 0 Å². The van der Waals surface area contributed by atoms with Crippen molar-refractivity contribution in [2.24, 2.45) is 4.99 Å². The maximum atomic E-state index is 10.0. The Hall–Kier alpha value is -1.58. The van der Waals surface area contributed by atoms with E-state index in [1.54, 1.807) is 12.1 Å². The number of nitrogens with zero attached hydrogens (tertiary/aromatic N) is 3. The lowest BCUT2D eigenvalue weighted by atomic mass is 10.3. The lowest BCUT2D eigenvalue weighted by Gasteiger charge is -1.88. The summed E-state index contributed by atoms with van der Waals surface area (Å²) in [4.78, 5) is 13.5. The molecule has 0 unspecified atom stereocenters. The van der Waals surface area contributed by atoms with Crippen molar-refractivity contribution in [3.05, 3.63) is 18.2 Å². The number of hydrogen-bond donors (Lipinski definition) is 0. The molecule has 2 aromatic rings. The fourth-order valence-corrected chi connectivity index (χ4v) is 1.48. The van der Waals surface area contributed by atoms with E-state index < -0.39 is 0 Å². The van der Waals surface area contributed by atoms with Crippen LogP contribution in [0.3, 0.4) is 0 Å². The van der Waals surface area contributed by atoms with Crippen LogP contribution >= 0.6 is 11.7 Å². The van der Waals surface area contributed by atoms with Gasteiger partial charge < -0.3 is 0 Å². The number of aliphatic imine (C=N–C) groups is 1. The van der Waals surface area contributed by atoms with Crippen molar-refractivity contribution in [2.75, 3.05) is 0 Å². The van der Waals surface area contributed by atoms with Gasteiger partial charge in [-0.15, -0.1) is 0 Å². The van der Waals surface area contributed by atoms with Gasteiger partial charge in [-0.1, -0.05) is 6.07 Å². The lowest BCUT2D eigenvalue weighted by molar-refractivity contribution is 0.565. The van der Waals surface area contributed by atoms with Crippen LogP contribution in [0.25, 0.3) is 11.0 Å². The molecule has 1 heterocycles. The maximum absolute atomic E-state index is 10.0. The zero-order valence-electron chi connectivity index (χ0n) is 5.89. The summed E-state index contributed by atoms with van der Waals surface area (Å²) in [5.74, 6) is 0. The van der Waals surface area contributed by atoms with Crippen LogP contribution in [0.2, 0.25) is 0 Å². The summed E-state index contributed by atoms with van der Waals surface area (Å²) in [7, 11) is 0. The second-order valence-electron chi connectivity index (χ2n) is 2.11. The van der Waals surface area contributed by atoms with E-state index in [2.05, 4.69) is 13.7 Å². The van der Waals surface area contributed by atoms with Gasteiger partial charge in [0.25, 0.3) is 0 Å². The summed E-state index contributed by atoms with van der Waals surface area (Å²) in [6.07, 6.45) is 1.48.